The van der Waals surface area contributed by atoms with Crippen molar-refractivity contribution >= 4 is 34.8 Å². The number of amides is 1. The molecule has 5 rings (SSSR count). The Morgan fingerprint density at radius 3 is 2.68 bits per heavy atom. The summed E-state index contributed by atoms with van der Waals surface area (Å²) in [6, 6.07) is 8.02. The number of hydrogen-bond donors (Lipinski definition) is 1. The number of nitrogens with zero attached hydrogens (tertiary/aromatic N) is 4. The van der Waals surface area contributed by atoms with Crippen LogP contribution in [0.4, 0.5) is 5.69 Å². The van der Waals surface area contributed by atoms with E-state index in [1.54, 1.807) is 13.2 Å². The van der Waals surface area contributed by atoms with E-state index in [0.29, 0.717) is 23.8 Å². The van der Waals surface area contributed by atoms with E-state index in [1.165, 1.54) is 4.68 Å². The van der Waals surface area contributed by atoms with Crippen LogP contribution in [0.15, 0.2) is 35.3 Å². The van der Waals surface area contributed by atoms with Crippen molar-refractivity contribution in [1.82, 2.24) is 20.0 Å². The second kappa shape index (κ2) is 7.73. The van der Waals surface area contributed by atoms with Gasteiger partial charge in [0, 0.05) is 43.8 Å². The van der Waals surface area contributed by atoms with Gasteiger partial charge < -0.3 is 10.2 Å². The molecule has 2 aromatic rings. The maximum Gasteiger partial charge on any atom is 0.287 e. The molecule has 1 aromatic carbocycles. The minimum absolute atomic E-state index is 0.0173. The van der Waals surface area contributed by atoms with Crippen LogP contribution in [0.1, 0.15) is 12.0 Å². The molecule has 0 radical (unpaired) electrons. The lowest BCUT2D eigenvalue weighted by Crippen LogP contribution is -2.70. The summed E-state index contributed by atoms with van der Waals surface area (Å²) in [7, 11) is 1.58. The molecule has 1 aromatic heterocycles. The number of carbonyl (C=O) groups is 1. The summed E-state index contributed by atoms with van der Waals surface area (Å²) in [4.78, 5) is 28.7. The normalized spacial score (nSPS) is 21.3. The molecule has 2 atom stereocenters. The van der Waals surface area contributed by atoms with Crippen molar-refractivity contribution in [2.24, 2.45) is 7.05 Å². The molecule has 9 heteroatoms. The lowest BCUT2D eigenvalue weighted by molar-refractivity contribution is -0.127. The van der Waals surface area contributed by atoms with Crippen LogP contribution >= 0.6 is 23.2 Å². The Hall–Kier alpha value is -2.09. The predicted molar refractivity (Wildman–Crippen MR) is 109 cm³/mol. The van der Waals surface area contributed by atoms with Gasteiger partial charge in [-0.15, -0.1) is 0 Å². The van der Waals surface area contributed by atoms with Crippen LogP contribution in [0, 0.1) is 0 Å². The highest BCUT2D eigenvalue weighted by Gasteiger charge is 2.45. The van der Waals surface area contributed by atoms with Crippen LogP contribution in [-0.2, 0) is 18.4 Å². The Labute approximate surface area is 172 Å². The standard InChI is InChI=1S/C19H21Cl2N5O2/c1-24-19(28)18(21)16(8-23-24)25-9-13-6-14(10-25)26(13)11-17(27)22-7-12-4-2-3-5-15(12)20/h2-5,8,13-14H,6-7,9-11H2,1H3,(H,22,27). The number of halogens is 2. The Morgan fingerprint density at radius 1 is 1.25 bits per heavy atom. The molecule has 2 unspecified atom stereocenters. The lowest BCUT2D eigenvalue weighted by atomic mass is 9.87. The van der Waals surface area contributed by atoms with Crippen molar-refractivity contribution in [2.75, 3.05) is 24.5 Å². The third-order valence-corrected chi connectivity index (χ3v) is 6.23. The van der Waals surface area contributed by atoms with Gasteiger partial charge in [-0.1, -0.05) is 41.4 Å². The fraction of sp³-hybridized carbons (Fsp3) is 0.421. The zero-order chi connectivity index (χ0) is 19.8. The highest BCUT2D eigenvalue weighted by Crippen LogP contribution is 2.35. The van der Waals surface area contributed by atoms with E-state index in [4.69, 9.17) is 23.2 Å². The van der Waals surface area contributed by atoms with Crippen molar-refractivity contribution in [1.29, 1.82) is 0 Å². The molecule has 28 heavy (non-hydrogen) atoms. The van der Waals surface area contributed by atoms with Crippen LogP contribution in [0.25, 0.3) is 0 Å². The highest BCUT2D eigenvalue weighted by atomic mass is 35.5. The Balaban J connectivity index is 1.34. The summed E-state index contributed by atoms with van der Waals surface area (Å²) < 4.78 is 1.23. The molecule has 0 aliphatic carbocycles. The van der Waals surface area contributed by atoms with Crippen LogP contribution in [-0.4, -0.2) is 52.3 Å². The molecule has 0 spiro atoms. The van der Waals surface area contributed by atoms with Gasteiger partial charge in [0.1, 0.15) is 5.02 Å². The monoisotopic (exact) mass is 421 g/mol. The number of fused-ring (bicyclic) bond motifs is 2. The minimum Gasteiger partial charge on any atom is -0.366 e. The van der Waals surface area contributed by atoms with Crippen molar-refractivity contribution in [3.8, 4) is 0 Å². The maximum absolute atomic E-state index is 12.4. The first-order chi connectivity index (χ1) is 13.4. The van der Waals surface area contributed by atoms with Crippen molar-refractivity contribution in [3.63, 3.8) is 0 Å². The summed E-state index contributed by atoms with van der Waals surface area (Å²) in [5.74, 6) is -0.0173. The largest absolute Gasteiger partial charge is 0.366 e. The molecule has 3 aliphatic rings. The molecule has 2 bridgehead atoms. The second-order valence-electron chi connectivity index (χ2n) is 7.26. The van der Waals surface area contributed by atoms with E-state index in [2.05, 4.69) is 20.2 Å². The number of hydrogen-bond acceptors (Lipinski definition) is 5. The van der Waals surface area contributed by atoms with Crippen molar-refractivity contribution < 1.29 is 4.79 Å². The van der Waals surface area contributed by atoms with Gasteiger partial charge in [0.15, 0.2) is 0 Å². The summed E-state index contributed by atoms with van der Waals surface area (Å²) in [5, 5.41) is 7.86. The molecular weight excluding hydrogens is 401 g/mol. The van der Waals surface area contributed by atoms with E-state index in [0.717, 1.165) is 25.1 Å². The summed E-state index contributed by atoms with van der Waals surface area (Å²) >= 11 is 12.4. The molecule has 3 fully saturated rings. The molecule has 0 saturated carbocycles. The fourth-order valence-electron chi connectivity index (χ4n) is 3.92. The van der Waals surface area contributed by atoms with Gasteiger partial charge in [0.2, 0.25) is 5.91 Å². The van der Waals surface area contributed by atoms with Crippen molar-refractivity contribution in [2.45, 2.75) is 25.0 Å². The van der Waals surface area contributed by atoms with E-state index >= 15 is 0 Å². The number of aromatic nitrogens is 2. The molecule has 7 nitrogen and oxygen atoms in total. The molecule has 1 amide bonds. The SMILES string of the molecule is Cn1ncc(N2CC3CC(C2)N3CC(=O)NCc2ccccc2Cl)c(Cl)c1=O. The van der Waals surface area contributed by atoms with Gasteiger partial charge in [0.25, 0.3) is 5.56 Å². The average Bonchev–Trinajstić information content (AvgIpc) is 2.69. The van der Waals surface area contributed by atoms with Crippen LogP contribution in [0.5, 0.6) is 0 Å². The van der Waals surface area contributed by atoms with Crippen LogP contribution in [0.3, 0.4) is 0 Å². The van der Waals surface area contributed by atoms with Gasteiger partial charge in [-0.05, 0) is 18.1 Å². The van der Waals surface area contributed by atoms with Gasteiger partial charge >= 0.3 is 0 Å². The van der Waals surface area contributed by atoms with Gasteiger partial charge in [0.05, 0.1) is 18.4 Å². The summed E-state index contributed by atoms with van der Waals surface area (Å²) in [5.41, 5.74) is 1.27. The predicted octanol–water partition coefficient (Wildman–Crippen LogP) is 1.67. The summed E-state index contributed by atoms with van der Waals surface area (Å²) in [6.07, 6.45) is 2.68. The number of piperidine rings is 1. The third-order valence-electron chi connectivity index (χ3n) is 5.50. The number of carbonyl (C=O) groups excluding carboxylic acids is 1. The van der Waals surface area contributed by atoms with E-state index < -0.39 is 0 Å². The number of aryl methyl sites for hydroxylation is 1. The minimum atomic E-state index is -0.297. The molecule has 3 saturated heterocycles. The lowest BCUT2D eigenvalue weighted by Gasteiger charge is -2.56. The number of piperazine rings is 1. The Morgan fingerprint density at radius 2 is 1.96 bits per heavy atom. The van der Waals surface area contributed by atoms with E-state index in [9.17, 15) is 9.59 Å². The Kier molecular flexibility index (Phi) is 5.31. The van der Waals surface area contributed by atoms with Gasteiger partial charge in [-0.3, -0.25) is 14.5 Å². The first-order valence-corrected chi connectivity index (χ1v) is 9.92. The second-order valence-corrected chi connectivity index (χ2v) is 8.05. The first-order valence-electron chi connectivity index (χ1n) is 9.16. The maximum atomic E-state index is 12.4. The quantitative estimate of drug-likeness (QED) is 0.794. The summed E-state index contributed by atoms with van der Waals surface area (Å²) in [6.45, 7) is 2.23. The van der Waals surface area contributed by atoms with Crippen molar-refractivity contribution in [3.05, 3.63) is 56.4 Å². The topological polar surface area (TPSA) is 70.5 Å². The highest BCUT2D eigenvalue weighted by molar-refractivity contribution is 6.33. The molecular formula is C19H21Cl2N5O2. The van der Waals surface area contributed by atoms with E-state index in [-0.39, 0.29) is 28.6 Å². The average molecular weight is 422 g/mol. The van der Waals surface area contributed by atoms with Gasteiger partial charge in [-0.25, -0.2) is 4.68 Å². The third kappa shape index (κ3) is 3.62. The van der Waals surface area contributed by atoms with E-state index in [1.807, 2.05) is 24.3 Å². The Bertz CT molecular complexity index is 952. The molecule has 4 heterocycles. The molecule has 1 N–H and O–H groups in total. The molecule has 3 aliphatic heterocycles. The van der Waals surface area contributed by atoms with Gasteiger partial charge in [-0.2, -0.15) is 5.10 Å². The first kappa shape index (κ1) is 19.2. The number of rotatable bonds is 5. The zero-order valence-electron chi connectivity index (χ0n) is 15.4. The molecule has 148 valence electrons. The van der Waals surface area contributed by atoms with Crippen LogP contribution < -0.4 is 15.8 Å². The number of anilines is 1. The fourth-order valence-corrected chi connectivity index (χ4v) is 4.42. The number of nitrogens with one attached hydrogen (secondary N) is 1. The smallest absolute Gasteiger partial charge is 0.287 e. The van der Waals surface area contributed by atoms with Crippen LogP contribution in [0.2, 0.25) is 10.0 Å². The zero-order valence-corrected chi connectivity index (χ0v) is 17.0. The number of benzene rings is 1.